The Kier molecular flexibility index (Phi) is 3.00. The second-order valence-corrected chi connectivity index (χ2v) is 3.96. The van der Waals surface area contributed by atoms with Crippen molar-refractivity contribution in [1.29, 1.82) is 0 Å². The van der Waals surface area contributed by atoms with E-state index in [9.17, 15) is 9.18 Å². The number of nitrogens with zero attached hydrogens (tertiary/aromatic N) is 1. The summed E-state index contributed by atoms with van der Waals surface area (Å²) in [6.07, 6.45) is 1.45. The van der Waals surface area contributed by atoms with Gasteiger partial charge in [0.2, 0.25) is 0 Å². The maximum absolute atomic E-state index is 13.4. The number of amides is 1. The van der Waals surface area contributed by atoms with Gasteiger partial charge in [0.25, 0.3) is 5.91 Å². The van der Waals surface area contributed by atoms with Crippen LogP contribution >= 0.6 is 15.9 Å². The lowest BCUT2D eigenvalue weighted by Gasteiger charge is -2.04. The van der Waals surface area contributed by atoms with Crippen LogP contribution in [0.4, 0.5) is 10.1 Å². The number of benzene rings is 1. The third-order valence-corrected chi connectivity index (χ3v) is 2.42. The largest absolute Gasteiger partial charge is 0.318 e. The highest BCUT2D eigenvalue weighted by atomic mass is 79.9. The van der Waals surface area contributed by atoms with Crippen molar-refractivity contribution in [3.05, 3.63) is 46.4 Å². The van der Waals surface area contributed by atoms with Gasteiger partial charge in [-0.25, -0.2) is 4.39 Å². The molecule has 1 aromatic heterocycles. The molecule has 4 nitrogen and oxygen atoms in total. The maximum Gasteiger partial charge on any atom is 0.273 e. The molecule has 0 saturated heterocycles. The average molecular weight is 284 g/mol. The van der Waals surface area contributed by atoms with E-state index < -0.39 is 11.7 Å². The quantitative estimate of drug-likeness (QED) is 0.890. The molecule has 1 aromatic carbocycles. The van der Waals surface area contributed by atoms with E-state index in [0.29, 0.717) is 4.47 Å². The number of hydrogen-bond acceptors (Lipinski definition) is 2. The number of aromatic nitrogens is 2. The summed E-state index contributed by atoms with van der Waals surface area (Å²) in [7, 11) is 0. The zero-order valence-electron chi connectivity index (χ0n) is 8.00. The molecule has 0 atom stereocenters. The monoisotopic (exact) mass is 283 g/mol. The molecule has 0 aliphatic carbocycles. The van der Waals surface area contributed by atoms with Crippen LogP contribution in [0.2, 0.25) is 0 Å². The van der Waals surface area contributed by atoms with Crippen molar-refractivity contribution in [2.24, 2.45) is 0 Å². The molecule has 0 radical (unpaired) electrons. The van der Waals surface area contributed by atoms with Gasteiger partial charge in [-0.2, -0.15) is 5.10 Å². The van der Waals surface area contributed by atoms with E-state index in [4.69, 9.17) is 0 Å². The summed E-state index contributed by atoms with van der Waals surface area (Å²) >= 11 is 3.13. The van der Waals surface area contributed by atoms with Gasteiger partial charge in [0, 0.05) is 10.7 Å². The number of anilines is 1. The molecule has 0 unspecified atom stereocenters. The Hall–Kier alpha value is -1.69. The third-order valence-electron chi connectivity index (χ3n) is 1.92. The molecule has 2 N–H and O–H groups in total. The number of carbonyl (C=O) groups excluding carboxylic acids is 1. The van der Waals surface area contributed by atoms with Crippen molar-refractivity contribution >= 4 is 27.5 Å². The molecule has 0 fully saturated rings. The lowest BCUT2D eigenvalue weighted by molar-refractivity contribution is 0.102. The number of H-pyrrole nitrogens is 1. The Morgan fingerprint density at radius 1 is 1.44 bits per heavy atom. The van der Waals surface area contributed by atoms with Gasteiger partial charge in [0.15, 0.2) is 0 Å². The highest BCUT2D eigenvalue weighted by molar-refractivity contribution is 9.10. The number of nitrogens with one attached hydrogen (secondary N) is 2. The van der Waals surface area contributed by atoms with Crippen molar-refractivity contribution in [3.63, 3.8) is 0 Å². The summed E-state index contributed by atoms with van der Waals surface area (Å²) in [5.74, 6) is -0.930. The fraction of sp³-hybridized carbons (Fsp3) is 0. The van der Waals surface area contributed by atoms with Crippen LogP contribution in [0.25, 0.3) is 0 Å². The number of aromatic amines is 1. The van der Waals surface area contributed by atoms with Crippen LogP contribution in [0, 0.1) is 5.82 Å². The predicted octanol–water partition coefficient (Wildman–Crippen LogP) is 2.56. The highest BCUT2D eigenvalue weighted by Gasteiger charge is 2.10. The second kappa shape index (κ2) is 4.44. The predicted molar refractivity (Wildman–Crippen MR) is 60.6 cm³/mol. The molecule has 1 amide bonds. The zero-order valence-corrected chi connectivity index (χ0v) is 9.58. The fourth-order valence-corrected chi connectivity index (χ4v) is 1.50. The highest BCUT2D eigenvalue weighted by Crippen LogP contribution is 2.19. The van der Waals surface area contributed by atoms with Gasteiger partial charge in [-0.1, -0.05) is 15.9 Å². The summed E-state index contributed by atoms with van der Waals surface area (Å²) in [5.41, 5.74) is 0.408. The van der Waals surface area contributed by atoms with Gasteiger partial charge in [-0.3, -0.25) is 9.89 Å². The Balaban J connectivity index is 2.18. The first-order chi connectivity index (χ1) is 7.66. The minimum atomic E-state index is -0.498. The Morgan fingerprint density at radius 2 is 2.25 bits per heavy atom. The molecule has 82 valence electrons. The van der Waals surface area contributed by atoms with Crippen LogP contribution < -0.4 is 5.32 Å². The minimum Gasteiger partial charge on any atom is -0.318 e. The molecule has 16 heavy (non-hydrogen) atoms. The van der Waals surface area contributed by atoms with E-state index >= 15 is 0 Å². The zero-order chi connectivity index (χ0) is 11.5. The standard InChI is InChI=1S/C10H7BrFN3O/c11-6-1-2-8(7(12)5-6)14-10(16)9-3-4-13-15-9/h1-5H,(H,13,15)(H,14,16). The van der Waals surface area contributed by atoms with Gasteiger partial charge in [-0.15, -0.1) is 0 Å². The van der Waals surface area contributed by atoms with Crippen molar-refractivity contribution in [1.82, 2.24) is 10.2 Å². The molecule has 6 heteroatoms. The van der Waals surface area contributed by atoms with E-state index in [1.807, 2.05) is 0 Å². The number of hydrogen-bond donors (Lipinski definition) is 2. The summed E-state index contributed by atoms with van der Waals surface area (Å²) in [6, 6.07) is 5.91. The molecule has 0 spiro atoms. The first kappa shape index (κ1) is 10.8. The van der Waals surface area contributed by atoms with Crippen molar-refractivity contribution in [3.8, 4) is 0 Å². The van der Waals surface area contributed by atoms with E-state index in [1.165, 1.54) is 24.4 Å². The van der Waals surface area contributed by atoms with Gasteiger partial charge in [0.1, 0.15) is 11.5 Å². The first-order valence-corrected chi connectivity index (χ1v) is 5.22. The Bertz CT molecular complexity index is 513. The second-order valence-electron chi connectivity index (χ2n) is 3.05. The number of halogens is 2. The maximum atomic E-state index is 13.4. The van der Waals surface area contributed by atoms with Crippen LogP contribution in [0.15, 0.2) is 34.9 Å². The molecule has 1 heterocycles. The van der Waals surface area contributed by atoms with Crippen molar-refractivity contribution in [2.45, 2.75) is 0 Å². The normalized spacial score (nSPS) is 10.1. The summed E-state index contributed by atoms with van der Waals surface area (Å²) in [6.45, 7) is 0. The Morgan fingerprint density at radius 3 is 2.88 bits per heavy atom. The van der Waals surface area contributed by atoms with Gasteiger partial charge in [0.05, 0.1) is 5.69 Å². The van der Waals surface area contributed by atoms with Crippen LogP contribution in [0.3, 0.4) is 0 Å². The lowest BCUT2D eigenvalue weighted by Crippen LogP contribution is -2.13. The van der Waals surface area contributed by atoms with Crippen LogP contribution in [-0.4, -0.2) is 16.1 Å². The molecular weight excluding hydrogens is 277 g/mol. The van der Waals surface area contributed by atoms with E-state index in [-0.39, 0.29) is 11.4 Å². The van der Waals surface area contributed by atoms with Crippen molar-refractivity contribution in [2.75, 3.05) is 5.32 Å². The third kappa shape index (κ3) is 2.27. The van der Waals surface area contributed by atoms with Gasteiger partial charge < -0.3 is 5.32 Å². The van der Waals surface area contributed by atoms with Crippen molar-refractivity contribution < 1.29 is 9.18 Å². The number of carbonyl (C=O) groups is 1. The van der Waals surface area contributed by atoms with E-state index in [0.717, 1.165) is 0 Å². The fourth-order valence-electron chi connectivity index (χ4n) is 1.16. The van der Waals surface area contributed by atoms with E-state index in [2.05, 4.69) is 31.4 Å². The molecule has 0 bridgehead atoms. The van der Waals surface area contributed by atoms with Gasteiger partial charge >= 0.3 is 0 Å². The first-order valence-electron chi connectivity index (χ1n) is 4.42. The average Bonchev–Trinajstić information content (AvgIpc) is 2.75. The van der Waals surface area contributed by atoms with Crippen LogP contribution in [-0.2, 0) is 0 Å². The SMILES string of the molecule is O=C(Nc1ccc(Br)cc1F)c1ccn[nH]1. The molecule has 0 aliphatic heterocycles. The summed E-state index contributed by atoms with van der Waals surface area (Å²) in [4.78, 5) is 11.6. The summed E-state index contributed by atoms with van der Waals surface area (Å²) < 4.78 is 14.0. The van der Waals surface area contributed by atoms with E-state index in [1.54, 1.807) is 6.07 Å². The lowest BCUT2D eigenvalue weighted by atomic mass is 10.3. The van der Waals surface area contributed by atoms with Crippen LogP contribution in [0.5, 0.6) is 0 Å². The Labute approximate surface area is 99.0 Å². The van der Waals surface area contributed by atoms with Gasteiger partial charge in [-0.05, 0) is 24.3 Å². The smallest absolute Gasteiger partial charge is 0.273 e. The summed E-state index contributed by atoms with van der Waals surface area (Å²) in [5, 5.41) is 8.56. The topological polar surface area (TPSA) is 57.8 Å². The molecule has 2 rings (SSSR count). The number of rotatable bonds is 2. The van der Waals surface area contributed by atoms with Crippen LogP contribution in [0.1, 0.15) is 10.5 Å². The minimum absolute atomic E-state index is 0.128. The molecule has 0 saturated carbocycles. The molecule has 0 aliphatic rings. The molecule has 2 aromatic rings. The molecular formula is C10H7BrFN3O.